The molecule has 1 atom stereocenters. The molecule has 0 bridgehead atoms. The van der Waals surface area contributed by atoms with E-state index in [9.17, 15) is 13.2 Å². The minimum Gasteiger partial charge on any atom is -0.338 e. The van der Waals surface area contributed by atoms with E-state index in [1.165, 1.54) is 6.26 Å². The molecule has 0 spiro atoms. The molecule has 7 heteroatoms. The van der Waals surface area contributed by atoms with Crippen LogP contribution in [-0.2, 0) is 14.8 Å². The molecule has 0 saturated carbocycles. The lowest BCUT2D eigenvalue weighted by Gasteiger charge is -2.36. The van der Waals surface area contributed by atoms with E-state index in [1.54, 1.807) is 0 Å². The van der Waals surface area contributed by atoms with Crippen molar-refractivity contribution in [1.29, 1.82) is 0 Å². The molecule has 0 aliphatic carbocycles. The van der Waals surface area contributed by atoms with Crippen LogP contribution >= 0.6 is 0 Å². The Kier molecular flexibility index (Phi) is 6.65. The summed E-state index contributed by atoms with van der Waals surface area (Å²) in [5, 5.41) is 3.34. The molecule has 2 rings (SSSR count). The highest BCUT2D eigenvalue weighted by Gasteiger charge is 2.27. The van der Waals surface area contributed by atoms with Gasteiger partial charge < -0.3 is 10.2 Å². The number of nitrogens with one attached hydrogen (secondary N) is 2. The molecule has 6 nitrogen and oxygen atoms in total. The smallest absolute Gasteiger partial charge is 0.222 e. The Hall–Kier alpha value is -0.660. The highest BCUT2D eigenvalue weighted by molar-refractivity contribution is 7.88. The zero-order valence-electron chi connectivity index (χ0n) is 13.5. The first kappa shape index (κ1) is 17.7. The molecule has 0 aromatic rings. The van der Waals surface area contributed by atoms with Gasteiger partial charge in [-0.25, -0.2) is 13.1 Å². The largest absolute Gasteiger partial charge is 0.338 e. The van der Waals surface area contributed by atoms with E-state index in [0.717, 1.165) is 58.2 Å². The van der Waals surface area contributed by atoms with Crippen molar-refractivity contribution in [3.8, 4) is 0 Å². The lowest BCUT2D eigenvalue weighted by molar-refractivity contribution is -0.135. The van der Waals surface area contributed by atoms with E-state index >= 15 is 0 Å². The van der Waals surface area contributed by atoms with Gasteiger partial charge in [0, 0.05) is 25.6 Å². The lowest BCUT2D eigenvalue weighted by Crippen LogP contribution is -2.49. The number of rotatable bonds is 6. The van der Waals surface area contributed by atoms with Gasteiger partial charge in [0.25, 0.3) is 0 Å². The van der Waals surface area contributed by atoms with Crippen LogP contribution in [0, 0.1) is 5.92 Å². The van der Waals surface area contributed by atoms with E-state index in [2.05, 4.69) is 10.0 Å². The zero-order chi connectivity index (χ0) is 16.0. The molecule has 2 fully saturated rings. The van der Waals surface area contributed by atoms with Crippen LogP contribution in [-0.4, -0.2) is 57.7 Å². The van der Waals surface area contributed by atoms with Gasteiger partial charge in [-0.05, 0) is 57.5 Å². The number of carbonyl (C=O) groups excluding carboxylic acids is 1. The van der Waals surface area contributed by atoms with Gasteiger partial charge >= 0.3 is 0 Å². The Morgan fingerprint density at radius 3 is 2.64 bits per heavy atom. The van der Waals surface area contributed by atoms with Gasteiger partial charge in [-0.3, -0.25) is 4.79 Å². The van der Waals surface area contributed by atoms with Crippen LogP contribution in [0.3, 0.4) is 0 Å². The molecule has 2 aliphatic rings. The Bertz CT molecular complexity index is 461. The fraction of sp³-hybridized carbons (Fsp3) is 0.933. The van der Waals surface area contributed by atoms with Crippen LogP contribution in [0.15, 0.2) is 0 Å². The second-order valence-electron chi connectivity index (χ2n) is 6.59. The topological polar surface area (TPSA) is 78.5 Å². The number of sulfonamides is 1. The van der Waals surface area contributed by atoms with Gasteiger partial charge in [0.1, 0.15) is 0 Å². The van der Waals surface area contributed by atoms with Crippen LogP contribution in [0.1, 0.15) is 44.9 Å². The van der Waals surface area contributed by atoms with Crippen molar-refractivity contribution in [2.75, 3.05) is 32.4 Å². The molecule has 0 radical (unpaired) electrons. The maximum atomic E-state index is 12.5. The first-order valence-electron chi connectivity index (χ1n) is 8.40. The Balaban J connectivity index is 1.82. The summed E-state index contributed by atoms with van der Waals surface area (Å²) in [6.45, 7) is 3.23. The molecular weight excluding hydrogens is 302 g/mol. The van der Waals surface area contributed by atoms with Gasteiger partial charge in [0.2, 0.25) is 15.9 Å². The van der Waals surface area contributed by atoms with Crippen molar-refractivity contribution < 1.29 is 13.2 Å². The SMILES string of the molecule is CS(=O)(=O)NCC1CCCCN1C(=O)CCC1CCNCC1. The summed E-state index contributed by atoms with van der Waals surface area (Å²) in [4.78, 5) is 14.4. The summed E-state index contributed by atoms with van der Waals surface area (Å²) in [7, 11) is -3.20. The van der Waals surface area contributed by atoms with Crippen molar-refractivity contribution in [2.24, 2.45) is 5.92 Å². The quantitative estimate of drug-likeness (QED) is 0.751. The first-order chi connectivity index (χ1) is 10.5. The molecular formula is C15H29N3O3S. The summed E-state index contributed by atoms with van der Waals surface area (Å²) in [5.41, 5.74) is 0. The second-order valence-corrected chi connectivity index (χ2v) is 8.42. The van der Waals surface area contributed by atoms with Crippen molar-refractivity contribution in [3.05, 3.63) is 0 Å². The van der Waals surface area contributed by atoms with Crippen molar-refractivity contribution in [1.82, 2.24) is 14.9 Å². The number of carbonyl (C=O) groups is 1. The van der Waals surface area contributed by atoms with Gasteiger partial charge in [-0.2, -0.15) is 0 Å². The van der Waals surface area contributed by atoms with Crippen LogP contribution in [0.4, 0.5) is 0 Å². The summed E-state index contributed by atoms with van der Waals surface area (Å²) in [6, 6.07) is 0.0176. The third-order valence-corrected chi connectivity index (χ3v) is 5.44. The van der Waals surface area contributed by atoms with Crippen molar-refractivity contribution >= 4 is 15.9 Å². The van der Waals surface area contributed by atoms with E-state index in [1.807, 2.05) is 4.90 Å². The molecule has 2 aliphatic heterocycles. The molecule has 1 unspecified atom stereocenters. The molecule has 0 aromatic carbocycles. The lowest BCUT2D eigenvalue weighted by atomic mass is 9.92. The maximum absolute atomic E-state index is 12.5. The normalized spacial score (nSPS) is 24.4. The van der Waals surface area contributed by atoms with E-state index < -0.39 is 10.0 Å². The van der Waals surface area contributed by atoms with Crippen molar-refractivity contribution in [3.63, 3.8) is 0 Å². The Morgan fingerprint density at radius 2 is 1.95 bits per heavy atom. The third kappa shape index (κ3) is 5.85. The Labute approximate surface area is 134 Å². The zero-order valence-corrected chi connectivity index (χ0v) is 14.3. The average Bonchev–Trinajstić information content (AvgIpc) is 2.51. The van der Waals surface area contributed by atoms with E-state index in [0.29, 0.717) is 18.9 Å². The van der Waals surface area contributed by atoms with Crippen LogP contribution in [0.2, 0.25) is 0 Å². The number of likely N-dealkylation sites (tertiary alicyclic amines) is 1. The molecule has 0 aromatic heterocycles. The molecule has 1 amide bonds. The highest BCUT2D eigenvalue weighted by Crippen LogP contribution is 2.22. The van der Waals surface area contributed by atoms with Gasteiger partial charge in [-0.1, -0.05) is 0 Å². The predicted molar refractivity (Wildman–Crippen MR) is 87.0 cm³/mol. The number of hydrogen-bond acceptors (Lipinski definition) is 4. The fourth-order valence-electron chi connectivity index (χ4n) is 3.43. The minimum absolute atomic E-state index is 0.0176. The van der Waals surface area contributed by atoms with E-state index in [-0.39, 0.29) is 11.9 Å². The molecule has 2 N–H and O–H groups in total. The van der Waals surface area contributed by atoms with Crippen LogP contribution in [0.5, 0.6) is 0 Å². The summed E-state index contributed by atoms with van der Waals surface area (Å²) in [5.74, 6) is 0.848. The fourth-order valence-corrected chi connectivity index (χ4v) is 3.93. The average molecular weight is 331 g/mol. The Morgan fingerprint density at radius 1 is 1.23 bits per heavy atom. The number of piperidine rings is 2. The number of hydrogen-bond donors (Lipinski definition) is 2. The van der Waals surface area contributed by atoms with Crippen molar-refractivity contribution in [2.45, 2.75) is 51.0 Å². The molecule has 22 heavy (non-hydrogen) atoms. The predicted octanol–water partition coefficient (Wildman–Crippen LogP) is 0.697. The van der Waals surface area contributed by atoms with Gasteiger partial charge in [-0.15, -0.1) is 0 Å². The second kappa shape index (κ2) is 8.26. The summed E-state index contributed by atoms with van der Waals surface area (Å²) < 4.78 is 25.1. The highest BCUT2D eigenvalue weighted by atomic mass is 32.2. The van der Waals surface area contributed by atoms with Crippen LogP contribution in [0.25, 0.3) is 0 Å². The first-order valence-corrected chi connectivity index (χ1v) is 10.3. The number of nitrogens with zero attached hydrogens (tertiary/aromatic N) is 1. The summed E-state index contributed by atoms with van der Waals surface area (Å²) in [6.07, 6.45) is 8.02. The number of amides is 1. The molecule has 2 heterocycles. The minimum atomic E-state index is -3.20. The maximum Gasteiger partial charge on any atom is 0.222 e. The summed E-state index contributed by atoms with van der Waals surface area (Å²) >= 11 is 0. The van der Waals surface area contributed by atoms with Gasteiger partial charge in [0.05, 0.1) is 6.26 Å². The van der Waals surface area contributed by atoms with Crippen LogP contribution < -0.4 is 10.0 Å². The van der Waals surface area contributed by atoms with Gasteiger partial charge in [0.15, 0.2) is 0 Å². The monoisotopic (exact) mass is 331 g/mol. The standard InChI is InChI=1S/C15H29N3O3S/c1-22(20,21)17-12-14-4-2-3-11-18(14)15(19)6-5-13-7-9-16-10-8-13/h13-14,16-17H,2-12H2,1H3. The third-order valence-electron chi connectivity index (χ3n) is 4.75. The molecule has 2 saturated heterocycles. The van der Waals surface area contributed by atoms with E-state index in [4.69, 9.17) is 0 Å². The molecule has 128 valence electrons.